The molecule has 3 heteroatoms. The van der Waals surface area contributed by atoms with Crippen LogP contribution < -0.4 is 10.1 Å². The van der Waals surface area contributed by atoms with E-state index in [1.54, 1.807) is 13.3 Å². The first-order valence-electron chi connectivity index (χ1n) is 8.54. The minimum atomic E-state index is 0.402. The second-order valence-electron chi connectivity index (χ2n) is 5.72. The average molecular weight is 292 g/mol. The van der Waals surface area contributed by atoms with E-state index in [1.807, 2.05) is 6.20 Å². The molecule has 0 saturated heterocycles. The fourth-order valence-electron chi connectivity index (χ4n) is 2.57. The quantitative estimate of drug-likeness (QED) is 0.557. The SMILES string of the molecule is CCCCCCCCC(NCCC)c1cncc(OC)c1. The highest BCUT2D eigenvalue weighted by Gasteiger charge is 2.11. The lowest BCUT2D eigenvalue weighted by atomic mass is 10.0. The third kappa shape index (κ3) is 7.47. The molecule has 1 aromatic heterocycles. The van der Waals surface area contributed by atoms with Gasteiger partial charge in [0.15, 0.2) is 0 Å². The Kier molecular flexibility index (Phi) is 9.88. The number of pyridine rings is 1. The Balaban J connectivity index is 2.46. The Morgan fingerprint density at radius 3 is 2.52 bits per heavy atom. The lowest BCUT2D eigenvalue weighted by Crippen LogP contribution is -2.22. The van der Waals surface area contributed by atoms with Crippen LogP contribution in [0.15, 0.2) is 18.5 Å². The molecule has 0 aromatic carbocycles. The number of unbranched alkanes of at least 4 members (excludes halogenated alkanes) is 5. The van der Waals surface area contributed by atoms with E-state index >= 15 is 0 Å². The maximum atomic E-state index is 5.29. The number of hydrogen-bond donors (Lipinski definition) is 1. The lowest BCUT2D eigenvalue weighted by Gasteiger charge is -2.19. The van der Waals surface area contributed by atoms with E-state index in [2.05, 4.69) is 30.2 Å². The summed E-state index contributed by atoms with van der Waals surface area (Å²) < 4.78 is 5.29. The summed E-state index contributed by atoms with van der Waals surface area (Å²) in [7, 11) is 1.70. The minimum Gasteiger partial charge on any atom is -0.495 e. The van der Waals surface area contributed by atoms with Gasteiger partial charge in [0, 0.05) is 12.2 Å². The van der Waals surface area contributed by atoms with Gasteiger partial charge in [-0.3, -0.25) is 4.98 Å². The van der Waals surface area contributed by atoms with Gasteiger partial charge >= 0.3 is 0 Å². The van der Waals surface area contributed by atoms with Crippen molar-refractivity contribution in [3.05, 3.63) is 24.0 Å². The maximum absolute atomic E-state index is 5.29. The first-order chi connectivity index (χ1) is 10.3. The number of rotatable bonds is 12. The summed E-state index contributed by atoms with van der Waals surface area (Å²) in [6.07, 6.45) is 14.1. The minimum absolute atomic E-state index is 0.402. The van der Waals surface area contributed by atoms with Crippen molar-refractivity contribution < 1.29 is 4.74 Å². The van der Waals surface area contributed by atoms with E-state index in [-0.39, 0.29) is 0 Å². The van der Waals surface area contributed by atoms with Crippen molar-refractivity contribution in [2.24, 2.45) is 0 Å². The van der Waals surface area contributed by atoms with Crippen LogP contribution in [0.3, 0.4) is 0 Å². The lowest BCUT2D eigenvalue weighted by molar-refractivity contribution is 0.409. The van der Waals surface area contributed by atoms with Crippen LogP contribution in [-0.4, -0.2) is 18.6 Å². The van der Waals surface area contributed by atoms with Gasteiger partial charge in [0.1, 0.15) is 5.75 Å². The molecule has 21 heavy (non-hydrogen) atoms. The molecule has 1 N–H and O–H groups in total. The van der Waals surface area contributed by atoms with Crippen molar-refractivity contribution in [2.75, 3.05) is 13.7 Å². The summed E-state index contributed by atoms with van der Waals surface area (Å²) in [5.41, 5.74) is 1.25. The largest absolute Gasteiger partial charge is 0.495 e. The van der Waals surface area contributed by atoms with Crippen LogP contribution in [0.2, 0.25) is 0 Å². The summed E-state index contributed by atoms with van der Waals surface area (Å²) in [6, 6.07) is 2.51. The first-order valence-corrected chi connectivity index (χ1v) is 8.54. The Morgan fingerprint density at radius 1 is 1.05 bits per heavy atom. The van der Waals surface area contributed by atoms with E-state index < -0.39 is 0 Å². The van der Waals surface area contributed by atoms with Crippen LogP contribution in [0.4, 0.5) is 0 Å². The van der Waals surface area contributed by atoms with Crippen molar-refractivity contribution in [2.45, 2.75) is 71.3 Å². The molecule has 0 saturated carbocycles. The normalized spacial score (nSPS) is 12.3. The Labute approximate surface area is 130 Å². The number of hydrogen-bond acceptors (Lipinski definition) is 3. The molecular weight excluding hydrogens is 260 g/mol. The fourth-order valence-corrected chi connectivity index (χ4v) is 2.57. The zero-order valence-corrected chi connectivity index (χ0v) is 14.0. The molecule has 0 amide bonds. The maximum Gasteiger partial charge on any atom is 0.137 e. The third-order valence-corrected chi connectivity index (χ3v) is 3.86. The van der Waals surface area contributed by atoms with Crippen molar-refractivity contribution >= 4 is 0 Å². The fraction of sp³-hybridized carbons (Fsp3) is 0.722. The van der Waals surface area contributed by atoms with Gasteiger partial charge in [-0.2, -0.15) is 0 Å². The molecule has 0 aliphatic carbocycles. The molecule has 1 aromatic rings. The second-order valence-corrected chi connectivity index (χ2v) is 5.72. The highest BCUT2D eigenvalue weighted by atomic mass is 16.5. The van der Waals surface area contributed by atoms with Gasteiger partial charge in [-0.15, -0.1) is 0 Å². The molecule has 0 bridgehead atoms. The van der Waals surface area contributed by atoms with Crippen LogP contribution in [0.25, 0.3) is 0 Å². The number of aromatic nitrogens is 1. The van der Waals surface area contributed by atoms with Crippen LogP contribution >= 0.6 is 0 Å². The molecule has 1 unspecified atom stereocenters. The van der Waals surface area contributed by atoms with Crippen LogP contribution in [0.1, 0.15) is 76.8 Å². The monoisotopic (exact) mass is 292 g/mol. The predicted molar refractivity (Wildman–Crippen MR) is 89.8 cm³/mol. The Morgan fingerprint density at radius 2 is 1.81 bits per heavy atom. The number of methoxy groups -OCH3 is 1. The first kappa shape index (κ1) is 18.0. The van der Waals surface area contributed by atoms with E-state index in [4.69, 9.17) is 4.74 Å². The average Bonchev–Trinajstić information content (AvgIpc) is 2.53. The molecule has 1 atom stereocenters. The molecule has 1 rings (SSSR count). The van der Waals surface area contributed by atoms with Gasteiger partial charge in [-0.05, 0) is 31.0 Å². The van der Waals surface area contributed by atoms with Gasteiger partial charge < -0.3 is 10.1 Å². The summed E-state index contributed by atoms with van der Waals surface area (Å²) in [4.78, 5) is 4.29. The molecule has 0 fully saturated rings. The molecule has 0 spiro atoms. The zero-order valence-electron chi connectivity index (χ0n) is 14.0. The highest BCUT2D eigenvalue weighted by Crippen LogP contribution is 2.23. The second kappa shape index (κ2) is 11.6. The Bertz CT molecular complexity index is 368. The third-order valence-electron chi connectivity index (χ3n) is 3.86. The van der Waals surface area contributed by atoms with E-state index in [0.29, 0.717) is 6.04 Å². The van der Waals surface area contributed by atoms with E-state index in [1.165, 1.54) is 50.5 Å². The van der Waals surface area contributed by atoms with Crippen molar-refractivity contribution in [3.8, 4) is 5.75 Å². The predicted octanol–water partition coefficient (Wildman–Crippen LogP) is 4.88. The zero-order chi connectivity index (χ0) is 15.3. The number of nitrogens with zero attached hydrogens (tertiary/aromatic N) is 1. The van der Waals surface area contributed by atoms with Gasteiger partial charge in [-0.25, -0.2) is 0 Å². The topological polar surface area (TPSA) is 34.2 Å². The number of nitrogens with one attached hydrogen (secondary N) is 1. The van der Waals surface area contributed by atoms with Crippen molar-refractivity contribution in [1.82, 2.24) is 10.3 Å². The summed E-state index contributed by atoms with van der Waals surface area (Å²) in [5.74, 6) is 0.846. The smallest absolute Gasteiger partial charge is 0.137 e. The van der Waals surface area contributed by atoms with E-state index in [9.17, 15) is 0 Å². The molecule has 0 radical (unpaired) electrons. The molecule has 0 aliphatic rings. The summed E-state index contributed by atoms with van der Waals surface area (Å²) >= 11 is 0. The standard InChI is InChI=1S/C18H32N2O/c1-4-6-7-8-9-10-11-18(20-12-5-2)16-13-17(21-3)15-19-14-16/h13-15,18,20H,4-12H2,1-3H3. The highest BCUT2D eigenvalue weighted by molar-refractivity contribution is 5.25. The Hall–Kier alpha value is -1.09. The molecule has 3 nitrogen and oxygen atoms in total. The van der Waals surface area contributed by atoms with Crippen LogP contribution in [-0.2, 0) is 0 Å². The van der Waals surface area contributed by atoms with Crippen LogP contribution in [0, 0.1) is 0 Å². The summed E-state index contributed by atoms with van der Waals surface area (Å²) in [5, 5.41) is 3.64. The van der Waals surface area contributed by atoms with E-state index in [0.717, 1.165) is 18.7 Å². The molecule has 1 heterocycles. The summed E-state index contributed by atoms with van der Waals surface area (Å²) in [6.45, 7) is 5.52. The van der Waals surface area contributed by atoms with Crippen molar-refractivity contribution in [3.63, 3.8) is 0 Å². The van der Waals surface area contributed by atoms with Gasteiger partial charge in [0.2, 0.25) is 0 Å². The van der Waals surface area contributed by atoms with Gasteiger partial charge in [-0.1, -0.05) is 52.4 Å². The van der Waals surface area contributed by atoms with Crippen molar-refractivity contribution in [1.29, 1.82) is 0 Å². The molecule has 0 aliphatic heterocycles. The number of ether oxygens (including phenoxy) is 1. The van der Waals surface area contributed by atoms with Gasteiger partial charge in [0.05, 0.1) is 13.3 Å². The van der Waals surface area contributed by atoms with Crippen LogP contribution in [0.5, 0.6) is 5.75 Å². The molecular formula is C18H32N2O. The van der Waals surface area contributed by atoms with Gasteiger partial charge in [0.25, 0.3) is 0 Å². The molecule has 120 valence electrons.